The summed E-state index contributed by atoms with van der Waals surface area (Å²) >= 11 is 0. The fraction of sp³-hybridized carbons (Fsp3) is 0.0189. The molecule has 1 nitrogen and oxygen atoms in total. The van der Waals surface area contributed by atoms with Crippen molar-refractivity contribution in [3.8, 4) is 44.5 Å². The van der Waals surface area contributed by atoms with Gasteiger partial charge in [0.25, 0.3) is 0 Å². The molecule has 0 bridgehead atoms. The van der Waals surface area contributed by atoms with Crippen molar-refractivity contribution in [2.24, 2.45) is 0 Å². The van der Waals surface area contributed by atoms with E-state index >= 15 is 0 Å². The molecule has 0 amide bonds. The SMILES string of the molecule is c1ccc(-c2ccc(-c3ccc(C(c4ccc(-c5ccc6c(c5)oc5ccccc56)cc4)c4ccc(-c5ccccc5)c5ccccc45)cc3)cc2)cc1. The molecule has 0 N–H and O–H groups in total. The van der Waals surface area contributed by atoms with Crippen LogP contribution >= 0.6 is 0 Å². The fourth-order valence-corrected chi connectivity index (χ4v) is 8.12. The Morgan fingerprint density at radius 3 is 1.35 bits per heavy atom. The Hall–Kier alpha value is -6.96. The van der Waals surface area contributed by atoms with Crippen LogP contribution in [0.4, 0.5) is 0 Å². The minimum atomic E-state index is 0.0288. The van der Waals surface area contributed by atoms with E-state index in [4.69, 9.17) is 4.42 Å². The van der Waals surface area contributed by atoms with Gasteiger partial charge in [-0.05, 0) is 90.2 Å². The van der Waals surface area contributed by atoms with Crippen molar-refractivity contribution in [3.05, 3.63) is 229 Å². The first-order valence-electron chi connectivity index (χ1n) is 18.6. The summed E-state index contributed by atoms with van der Waals surface area (Å²) in [7, 11) is 0. The smallest absolute Gasteiger partial charge is 0.136 e. The number of hydrogen-bond donors (Lipinski definition) is 0. The van der Waals surface area contributed by atoms with Gasteiger partial charge in [-0.25, -0.2) is 0 Å². The second-order valence-electron chi connectivity index (χ2n) is 14.0. The van der Waals surface area contributed by atoms with Gasteiger partial charge in [-0.3, -0.25) is 0 Å². The summed E-state index contributed by atoms with van der Waals surface area (Å²) in [4.78, 5) is 0. The predicted molar refractivity (Wildman–Crippen MR) is 227 cm³/mol. The first-order valence-corrected chi connectivity index (χ1v) is 18.6. The zero-order valence-electron chi connectivity index (χ0n) is 29.7. The molecule has 0 saturated carbocycles. The zero-order valence-corrected chi connectivity index (χ0v) is 29.7. The third-order valence-electron chi connectivity index (χ3n) is 10.9. The van der Waals surface area contributed by atoms with Gasteiger partial charge in [0.2, 0.25) is 0 Å². The number of hydrogen-bond acceptors (Lipinski definition) is 1. The van der Waals surface area contributed by atoms with E-state index in [1.165, 1.54) is 66.4 Å². The Morgan fingerprint density at radius 1 is 0.278 bits per heavy atom. The van der Waals surface area contributed by atoms with Crippen LogP contribution in [-0.4, -0.2) is 0 Å². The number of benzene rings is 9. The third-order valence-corrected chi connectivity index (χ3v) is 10.9. The van der Waals surface area contributed by atoms with E-state index in [1.807, 2.05) is 12.1 Å². The molecule has 0 aliphatic carbocycles. The molecule has 0 fully saturated rings. The standard InChI is InChI=1S/C53H36O/c1-3-11-36(12-4-1)37-19-21-38(22-20-37)39-23-27-42(28-24-39)53(50-34-33-45(41-13-5-2-6-14-41)46-15-7-8-16-47(46)50)43-29-25-40(26-30-43)44-31-32-49-48-17-9-10-18-51(48)54-52(49)35-44/h1-35,53H. The van der Waals surface area contributed by atoms with Gasteiger partial charge in [-0.2, -0.15) is 0 Å². The lowest BCUT2D eigenvalue weighted by molar-refractivity contribution is 0.669. The van der Waals surface area contributed by atoms with E-state index < -0.39 is 0 Å². The molecule has 0 aliphatic heterocycles. The molecule has 1 atom stereocenters. The van der Waals surface area contributed by atoms with E-state index in [-0.39, 0.29) is 5.92 Å². The van der Waals surface area contributed by atoms with Crippen LogP contribution in [0.1, 0.15) is 22.6 Å². The van der Waals surface area contributed by atoms with Gasteiger partial charge in [0, 0.05) is 16.7 Å². The number of furan rings is 1. The number of fused-ring (bicyclic) bond motifs is 4. The summed E-state index contributed by atoms with van der Waals surface area (Å²) in [6.07, 6.45) is 0. The second-order valence-corrected chi connectivity index (χ2v) is 14.0. The summed E-state index contributed by atoms with van der Waals surface area (Å²) in [5, 5.41) is 4.83. The summed E-state index contributed by atoms with van der Waals surface area (Å²) in [6, 6.07) is 76.8. The largest absolute Gasteiger partial charge is 0.456 e. The van der Waals surface area contributed by atoms with E-state index in [2.05, 4.69) is 200 Å². The molecule has 10 rings (SSSR count). The molecule has 0 radical (unpaired) electrons. The fourth-order valence-electron chi connectivity index (χ4n) is 8.12. The normalized spacial score (nSPS) is 12.0. The molecule has 9 aromatic carbocycles. The first-order chi connectivity index (χ1) is 26.8. The van der Waals surface area contributed by atoms with Crippen molar-refractivity contribution in [2.75, 3.05) is 0 Å². The van der Waals surface area contributed by atoms with Crippen molar-refractivity contribution in [1.29, 1.82) is 0 Å². The lowest BCUT2D eigenvalue weighted by atomic mass is 9.81. The maximum atomic E-state index is 6.24. The predicted octanol–water partition coefficient (Wildman–Crippen LogP) is 14.6. The number of para-hydroxylation sites is 1. The van der Waals surface area contributed by atoms with E-state index in [9.17, 15) is 0 Å². The monoisotopic (exact) mass is 688 g/mol. The van der Waals surface area contributed by atoms with Crippen LogP contribution in [0.5, 0.6) is 0 Å². The van der Waals surface area contributed by atoms with Gasteiger partial charge in [0.15, 0.2) is 0 Å². The Labute approximate surface area is 315 Å². The van der Waals surface area contributed by atoms with Crippen LogP contribution in [0.3, 0.4) is 0 Å². The first kappa shape index (κ1) is 31.7. The molecule has 1 unspecified atom stereocenters. The van der Waals surface area contributed by atoms with Crippen molar-refractivity contribution < 1.29 is 4.42 Å². The Morgan fingerprint density at radius 2 is 0.722 bits per heavy atom. The maximum absolute atomic E-state index is 6.24. The van der Waals surface area contributed by atoms with E-state index in [1.54, 1.807) is 0 Å². The average molecular weight is 689 g/mol. The van der Waals surface area contributed by atoms with Gasteiger partial charge in [0.05, 0.1) is 0 Å². The van der Waals surface area contributed by atoms with E-state index in [0.717, 1.165) is 27.5 Å². The van der Waals surface area contributed by atoms with Gasteiger partial charge < -0.3 is 4.42 Å². The molecule has 0 saturated heterocycles. The summed E-state index contributed by atoms with van der Waals surface area (Å²) < 4.78 is 6.24. The Balaban J connectivity index is 1.06. The third kappa shape index (κ3) is 5.77. The van der Waals surface area contributed by atoms with Crippen LogP contribution in [0.15, 0.2) is 217 Å². The second kappa shape index (κ2) is 13.5. The van der Waals surface area contributed by atoms with Crippen LogP contribution < -0.4 is 0 Å². The minimum Gasteiger partial charge on any atom is -0.456 e. The highest BCUT2D eigenvalue weighted by atomic mass is 16.3. The highest BCUT2D eigenvalue weighted by Crippen LogP contribution is 2.41. The maximum Gasteiger partial charge on any atom is 0.136 e. The zero-order chi connectivity index (χ0) is 35.8. The minimum absolute atomic E-state index is 0.0288. The van der Waals surface area contributed by atoms with Gasteiger partial charge in [0.1, 0.15) is 11.2 Å². The van der Waals surface area contributed by atoms with Crippen molar-refractivity contribution >= 4 is 32.7 Å². The average Bonchev–Trinajstić information content (AvgIpc) is 3.63. The Kier molecular flexibility index (Phi) is 7.96. The van der Waals surface area contributed by atoms with Crippen LogP contribution in [0.2, 0.25) is 0 Å². The van der Waals surface area contributed by atoms with Crippen LogP contribution in [0, 0.1) is 0 Å². The molecular weight excluding hydrogens is 653 g/mol. The lowest BCUT2D eigenvalue weighted by Crippen LogP contribution is -2.05. The molecule has 0 spiro atoms. The van der Waals surface area contributed by atoms with Crippen molar-refractivity contribution in [2.45, 2.75) is 5.92 Å². The van der Waals surface area contributed by atoms with Gasteiger partial charge >= 0.3 is 0 Å². The van der Waals surface area contributed by atoms with Crippen molar-refractivity contribution in [1.82, 2.24) is 0 Å². The quantitative estimate of drug-likeness (QED) is 0.152. The summed E-state index contributed by atoms with van der Waals surface area (Å²) in [5.74, 6) is 0.0288. The topological polar surface area (TPSA) is 13.1 Å². The molecule has 1 aromatic heterocycles. The molecule has 1 heterocycles. The van der Waals surface area contributed by atoms with Crippen molar-refractivity contribution in [3.63, 3.8) is 0 Å². The molecule has 254 valence electrons. The molecule has 0 aliphatic rings. The highest BCUT2D eigenvalue weighted by molar-refractivity contribution is 6.06. The number of rotatable bonds is 7. The van der Waals surface area contributed by atoms with Gasteiger partial charge in [-0.15, -0.1) is 0 Å². The molecular formula is C53H36O. The molecule has 1 heteroatoms. The lowest BCUT2D eigenvalue weighted by Gasteiger charge is -2.23. The van der Waals surface area contributed by atoms with Crippen LogP contribution in [0.25, 0.3) is 77.2 Å². The van der Waals surface area contributed by atoms with Crippen LogP contribution in [-0.2, 0) is 0 Å². The van der Waals surface area contributed by atoms with Gasteiger partial charge in [-0.1, -0.05) is 194 Å². The summed E-state index contributed by atoms with van der Waals surface area (Å²) in [6.45, 7) is 0. The molecule has 10 aromatic rings. The van der Waals surface area contributed by atoms with E-state index in [0.29, 0.717) is 0 Å². The molecule has 54 heavy (non-hydrogen) atoms. The Bertz CT molecular complexity index is 2880. The summed E-state index contributed by atoms with van der Waals surface area (Å²) in [5.41, 5.74) is 15.3. The highest BCUT2D eigenvalue weighted by Gasteiger charge is 2.21.